The van der Waals surface area contributed by atoms with Crippen LogP contribution in [-0.2, 0) is 25.5 Å². The number of carbonyl (C=O) groups excluding carboxylic acids is 1. The second-order valence-corrected chi connectivity index (χ2v) is 10.6. The molecule has 0 radical (unpaired) electrons. The van der Waals surface area contributed by atoms with Crippen molar-refractivity contribution in [3.8, 4) is 0 Å². The standard InChI is InChI=1S/C28H50NO4S/c1-2-3-4-5-6-7-8-9-10-11-12-13-14-15-16-19-28-32-24-26(33-28)23-31-27(30)18-17-20-29-21-22-34-25-29/h21-22,25-26,28H,2-20,23-24H2,1H3/q+1/t26-,28-/m1/s1. The molecule has 0 aliphatic carbocycles. The maximum Gasteiger partial charge on any atom is 0.306 e. The van der Waals surface area contributed by atoms with Crippen LogP contribution in [0.4, 0.5) is 0 Å². The van der Waals surface area contributed by atoms with Gasteiger partial charge in [-0.05, 0) is 12.8 Å². The first-order valence-electron chi connectivity index (χ1n) is 14.1. The minimum atomic E-state index is -0.148. The second kappa shape index (κ2) is 20.2. The average molecular weight is 497 g/mol. The first kappa shape index (κ1) is 29.3. The van der Waals surface area contributed by atoms with Crippen molar-refractivity contribution in [2.24, 2.45) is 0 Å². The summed E-state index contributed by atoms with van der Waals surface area (Å²) in [5, 5.41) is 2.03. The topological polar surface area (TPSA) is 48.6 Å². The van der Waals surface area contributed by atoms with Crippen molar-refractivity contribution in [1.82, 2.24) is 0 Å². The molecule has 1 aromatic heterocycles. The Labute approximate surface area is 212 Å². The SMILES string of the molecule is CCCCCCCCCCCCCCCCC[C@@H]1OC[C@@H](COC(=O)CCC[n+]2ccsc2)O1. The fourth-order valence-electron chi connectivity index (χ4n) is 4.48. The highest BCUT2D eigenvalue weighted by Crippen LogP contribution is 2.19. The van der Waals surface area contributed by atoms with Crippen molar-refractivity contribution in [1.29, 1.82) is 0 Å². The number of rotatable bonds is 22. The Kier molecular flexibility index (Phi) is 17.4. The van der Waals surface area contributed by atoms with E-state index in [1.165, 1.54) is 89.9 Å². The highest BCUT2D eigenvalue weighted by Gasteiger charge is 2.26. The van der Waals surface area contributed by atoms with Crippen LogP contribution in [0.3, 0.4) is 0 Å². The van der Waals surface area contributed by atoms with E-state index in [4.69, 9.17) is 14.2 Å². The molecule has 6 heteroatoms. The lowest BCUT2D eigenvalue weighted by molar-refractivity contribution is -0.692. The number of aryl methyl sites for hydroxylation is 1. The number of esters is 1. The highest BCUT2D eigenvalue weighted by atomic mass is 32.1. The molecule has 1 aliphatic heterocycles. The third-order valence-electron chi connectivity index (χ3n) is 6.61. The molecule has 0 N–H and O–H groups in total. The van der Waals surface area contributed by atoms with E-state index >= 15 is 0 Å². The number of thiazole rings is 1. The molecule has 0 bridgehead atoms. The van der Waals surface area contributed by atoms with Gasteiger partial charge in [0.05, 0.1) is 18.4 Å². The molecule has 5 nitrogen and oxygen atoms in total. The molecule has 0 aromatic carbocycles. The number of nitrogens with zero attached hydrogens (tertiary/aromatic N) is 1. The molecule has 1 aliphatic rings. The number of hydrogen-bond donors (Lipinski definition) is 0. The van der Waals surface area contributed by atoms with Gasteiger partial charge in [-0.15, -0.1) is 0 Å². The van der Waals surface area contributed by atoms with Crippen molar-refractivity contribution in [3.05, 3.63) is 17.1 Å². The van der Waals surface area contributed by atoms with E-state index in [2.05, 4.69) is 11.5 Å². The summed E-state index contributed by atoms with van der Waals surface area (Å²) in [5.74, 6) is -0.148. The van der Waals surface area contributed by atoms with Crippen molar-refractivity contribution in [2.75, 3.05) is 13.2 Å². The zero-order chi connectivity index (χ0) is 24.1. The number of hydrogen-bond acceptors (Lipinski definition) is 5. The molecule has 34 heavy (non-hydrogen) atoms. The molecule has 196 valence electrons. The van der Waals surface area contributed by atoms with Gasteiger partial charge in [0, 0.05) is 6.42 Å². The summed E-state index contributed by atoms with van der Waals surface area (Å²) in [6, 6.07) is 0. The normalized spacial score (nSPS) is 17.9. The predicted octanol–water partition coefficient (Wildman–Crippen LogP) is 7.36. The van der Waals surface area contributed by atoms with Crippen LogP contribution in [0.2, 0.25) is 0 Å². The molecule has 2 atom stereocenters. The van der Waals surface area contributed by atoms with Crippen molar-refractivity contribution >= 4 is 17.3 Å². The van der Waals surface area contributed by atoms with Crippen LogP contribution in [0.15, 0.2) is 17.1 Å². The second-order valence-electron chi connectivity index (χ2n) is 9.81. The van der Waals surface area contributed by atoms with Gasteiger partial charge >= 0.3 is 5.97 Å². The van der Waals surface area contributed by atoms with Crippen LogP contribution < -0.4 is 4.57 Å². The molecule has 2 heterocycles. The van der Waals surface area contributed by atoms with E-state index < -0.39 is 0 Å². The molecular formula is C28H50NO4S+. The lowest BCUT2D eigenvalue weighted by Gasteiger charge is -2.12. The molecule has 1 aromatic rings. The zero-order valence-corrected chi connectivity index (χ0v) is 22.5. The molecular weight excluding hydrogens is 446 g/mol. The lowest BCUT2D eigenvalue weighted by atomic mass is 10.0. The summed E-state index contributed by atoms with van der Waals surface area (Å²) in [7, 11) is 0. The van der Waals surface area contributed by atoms with Gasteiger partial charge in [-0.25, -0.2) is 0 Å². The molecule has 0 spiro atoms. The quantitative estimate of drug-likeness (QED) is 0.0955. The maximum absolute atomic E-state index is 11.9. The number of aromatic nitrogens is 1. The Morgan fingerprint density at radius 2 is 1.53 bits per heavy atom. The van der Waals surface area contributed by atoms with E-state index in [1.807, 2.05) is 17.1 Å². The molecule has 0 amide bonds. The average Bonchev–Trinajstić information content (AvgIpc) is 3.52. The fraction of sp³-hybridized carbons (Fsp3) is 0.857. The van der Waals surface area contributed by atoms with Gasteiger partial charge in [0.2, 0.25) is 5.51 Å². The summed E-state index contributed by atoms with van der Waals surface area (Å²) < 4.78 is 19.1. The Bertz CT molecular complexity index is 595. The zero-order valence-electron chi connectivity index (χ0n) is 21.7. The Balaban J connectivity index is 1.31. The van der Waals surface area contributed by atoms with Crippen LogP contribution >= 0.6 is 11.3 Å². The van der Waals surface area contributed by atoms with Crippen molar-refractivity contribution < 1.29 is 23.6 Å². The Morgan fingerprint density at radius 3 is 2.12 bits per heavy atom. The smallest absolute Gasteiger partial charge is 0.306 e. The molecule has 0 unspecified atom stereocenters. The first-order valence-corrected chi connectivity index (χ1v) is 15.1. The van der Waals surface area contributed by atoms with Gasteiger partial charge < -0.3 is 14.2 Å². The first-order chi connectivity index (χ1) is 16.8. The van der Waals surface area contributed by atoms with Gasteiger partial charge in [-0.3, -0.25) is 4.79 Å². The Morgan fingerprint density at radius 1 is 0.912 bits per heavy atom. The predicted molar refractivity (Wildman–Crippen MR) is 139 cm³/mol. The third-order valence-corrected chi connectivity index (χ3v) is 7.28. The largest absolute Gasteiger partial charge is 0.463 e. The van der Waals surface area contributed by atoms with Crippen molar-refractivity contribution in [3.63, 3.8) is 0 Å². The van der Waals surface area contributed by atoms with Gasteiger partial charge in [0.15, 0.2) is 12.5 Å². The minimum absolute atomic E-state index is 0.114. The van der Waals surface area contributed by atoms with E-state index in [-0.39, 0.29) is 18.4 Å². The summed E-state index contributed by atoms with van der Waals surface area (Å²) in [6.07, 6.45) is 24.6. The minimum Gasteiger partial charge on any atom is -0.463 e. The summed E-state index contributed by atoms with van der Waals surface area (Å²) in [5.41, 5.74) is 2.05. The molecule has 2 rings (SSSR count). The van der Waals surface area contributed by atoms with Crippen LogP contribution in [0.5, 0.6) is 0 Å². The Hall–Kier alpha value is -0.980. The maximum atomic E-state index is 11.9. The summed E-state index contributed by atoms with van der Waals surface area (Å²) >= 11 is 1.66. The molecule has 1 fully saturated rings. The van der Waals surface area contributed by atoms with E-state index in [1.54, 1.807) is 11.3 Å². The number of ether oxygens (including phenoxy) is 3. The van der Waals surface area contributed by atoms with Crippen LogP contribution in [-0.4, -0.2) is 31.6 Å². The highest BCUT2D eigenvalue weighted by molar-refractivity contribution is 7.07. The van der Waals surface area contributed by atoms with E-state index in [0.717, 1.165) is 25.8 Å². The summed E-state index contributed by atoms with van der Waals surface area (Å²) in [6.45, 7) is 3.97. The lowest BCUT2D eigenvalue weighted by Crippen LogP contribution is -2.30. The van der Waals surface area contributed by atoms with Gasteiger partial charge in [0.1, 0.15) is 19.3 Å². The van der Waals surface area contributed by atoms with E-state index in [9.17, 15) is 4.79 Å². The van der Waals surface area contributed by atoms with Gasteiger partial charge in [0.25, 0.3) is 0 Å². The van der Waals surface area contributed by atoms with Crippen LogP contribution in [0, 0.1) is 0 Å². The molecule has 1 saturated heterocycles. The summed E-state index contributed by atoms with van der Waals surface area (Å²) in [4.78, 5) is 11.9. The van der Waals surface area contributed by atoms with Gasteiger partial charge in [-0.1, -0.05) is 108 Å². The third kappa shape index (κ3) is 15.1. The number of carbonyl (C=O) groups is 1. The molecule has 0 saturated carbocycles. The van der Waals surface area contributed by atoms with Crippen LogP contribution in [0.1, 0.15) is 122 Å². The number of unbranched alkanes of at least 4 members (excludes halogenated alkanes) is 14. The van der Waals surface area contributed by atoms with Gasteiger partial charge in [-0.2, -0.15) is 4.57 Å². The van der Waals surface area contributed by atoms with Crippen molar-refractivity contribution in [2.45, 2.75) is 141 Å². The van der Waals surface area contributed by atoms with E-state index in [0.29, 0.717) is 19.6 Å². The fourth-order valence-corrected chi connectivity index (χ4v) is 5.11. The monoisotopic (exact) mass is 496 g/mol. The van der Waals surface area contributed by atoms with Crippen LogP contribution in [0.25, 0.3) is 0 Å².